The smallest absolute Gasteiger partial charge is 0.261 e. The van der Waals surface area contributed by atoms with Crippen LogP contribution >= 0.6 is 0 Å². The van der Waals surface area contributed by atoms with E-state index in [-0.39, 0.29) is 28.9 Å². The molecule has 1 fully saturated rings. The fraction of sp³-hybridized carbons (Fsp3) is 0.429. The molecule has 5 heteroatoms. The van der Waals surface area contributed by atoms with Crippen LogP contribution < -0.4 is 10.9 Å². The minimum Gasteiger partial charge on any atom is -0.349 e. The Morgan fingerprint density at radius 3 is 2.69 bits per heavy atom. The van der Waals surface area contributed by atoms with Crippen molar-refractivity contribution in [3.63, 3.8) is 0 Å². The largest absolute Gasteiger partial charge is 0.349 e. The molecule has 1 amide bonds. The molecule has 0 aliphatic heterocycles. The van der Waals surface area contributed by atoms with Gasteiger partial charge in [-0.05, 0) is 80.2 Å². The van der Waals surface area contributed by atoms with Gasteiger partial charge in [-0.1, -0.05) is 12.1 Å². The topological polar surface area (TPSA) is 62.0 Å². The van der Waals surface area contributed by atoms with Crippen LogP contribution in [0.5, 0.6) is 0 Å². The van der Waals surface area contributed by atoms with E-state index in [0.29, 0.717) is 5.92 Å². The van der Waals surface area contributed by atoms with Gasteiger partial charge in [0.15, 0.2) is 0 Å². The van der Waals surface area contributed by atoms with Crippen molar-refractivity contribution in [3.05, 3.63) is 68.9 Å². The Labute approximate surface area is 151 Å². The molecule has 0 radical (unpaired) electrons. The number of carbonyl (C=O) groups excluding carboxylic acids is 1. The maximum absolute atomic E-state index is 13.1. The number of aryl methyl sites for hydroxylation is 2. The lowest BCUT2D eigenvalue weighted by Gasteiger charge is -2.17. The van der Waals surface area contributed by atoms with E-state index in [2.05, 4.69) is 10.3 Å². The van der Waals surface area contributed by atoms with Gasteiger partial charge in [0.05, 0.1) is 0 Å². The summed E-state index contributed by atoms with van der Waals surface area (Å²) in [4.78, 5) is 27.8. The Hall–Kier alpha value is -2.43. The monoisotopic (exact) mass is 354 g/mol. The fourth-order valence-electron chi connectivity index (χ4n) is 4.26. The van der Waals surface area contributed by atoms with Gasteiger partial charge in [-0.2, -0.15) is 0 Å². The normalized spacial score (nSPS) is 22.0. The average Bonchev–Trinajstić information content (AvgIpc) is 3.10. The zero-order valence-electron chi connectivity index (χ0n) is 14.7. The summed E-state index contributed by atoms with van der Waals surface area (Å²) in [6, 6.07) is 8.42. The van der Waals surface area contributed by atoms with Gasteiger partial charge in [-0.3, -0.25) is 9.59 Å². The molecule has 1 aromatic carbocycles. The summed E-state index contributed by atoms with van der Waals surface area (Å²) < 4.78 is 13.1. The minimum atomic E-state index is -0.295. The van der Waals surface area contributed by atoms with Crippen LogP contribution in [0.25, 0.3) is 0 Å². The molecule has 136 valence electrons. The molecule has 2 atom stereocenters. The van der Waals surface area contributed by atoms with Crippen LogP contribution in [-0.2, 0) is 12.8 Å². The third-order valence-electron chi connectivity index (χ3n) is 5.69. The predicted octanol–water partition coefficient (Wildman–Crippen LogP) is 3.46. The summed E-state index contributed by atoms with van der Waals surface area (Å²) in [6.07, 6.45) is 6.63. The Morgan fingerprint density at radius 2 is 1.88 bits per heavy atom. The number of benzene rings is 1. The first-order valence-corrected chi connectivity index (χ1v) is 9.41. The highest BCUT2D eigenvalue weighted by Crippen LogP contribution is 2.34. The second-order valence-electron chi connectivity index (χ2n) is 7.45. The second-order valence-corrected chi connectivity index (χ2v) is 7.45. The lowest BCUT2D eigenvalue weighted by atomic mass is 9.95. The maximum Gasteiger partial charge on any atom is 0.261 e. The predicted molar refractivity (Wildman–Crippen MR) is 98.0 cm³/mol. The molecule has 2 aliphatic carbocycles. The van der Waals surface area contributed by atoms with E-state index in [0.717, 1.165) is 61.8 Å². The standard InChI is InChI=1S/C21H23FN2O2/c22-16-8-5-13(6-9-16)14-7-10-17(11-14)23-20(25)18-12-15-3-1-2-4-19(15)24-21(18)26/h5-6,8-9,12,14,17H,1-4,7,10-11H2,(H,23,25)(H,24,26). The van der Waals surface area contributed by atoms with Gasteiger partial charge in [0, 0.05) is 11.7 Å². The van der Waals surface area contributed by atoms with Crippen LogP contribution in [0.4, 0.5) is 4.39 Å². The quantitative estimate of drug-likeness (QED) is 0.887. The SMILES string of the molecule is O=C(NC1CCC(c2ccc(F)cc2)C1)c1cc2c([nH]c1=O)CCCC2. The van der Waals surface area contributed by atoms with Crippen molar-refractivity contribution in [1.29, 1.82) is 0 Å². The van der Waals surface area contributed by atoms with Gasteiger partial charge in [0.1, 0.15) is 11.4 Å². The van der Waals surface area contributed by atoms with E-state index >= 15 is 0 Å². The number of fused-ring (bicyclic) bond motifs is 1. The number of hydrogen-bond acceptors (Lipinski definition) is 2. The summed E-state index contributed by atoms with van der Waals surface area (Å²) in [5.74, 6) is -0.199. The molecule has 0 spiro atoms. The van der Waals surface area contributed by atoms with Gasteiger partial charge in [0.2, 0.25) is 0 Å². The third-order valence-corrected chi connectivity index (χ3v) is 5.69. The van der Waals surface area contributed by atoms with Gasteiger partial charge in [0.25, 0.3) is 11.5 Å². The molecule has 26 heavy (non-hydrogen) atoms. The number of aromatic amines is 1. The zero-order chi connectivity index (χ0) is 18.1. The number of rotatable bonds is 3. The van der Waals surface area contributed by atoms with Crippen LogP contribution in [-0.4, -0.2) is 16.9 Å². The van der Waals surface area contributed by atoms with Gasteiger partial charge >= 0.3 is 0 Å². The Kier molecular flexibility index (Phi) is 4.62. The molecule has 4 rings (SSSR count). The number of nitrogens with one attached hydrogen (secondary N) is 2. The molecule has 2 aromatic rings. The molecule has 2 N–H and O–H groups in total. The lowest BCUT2D eigenvalue weighted by molar-refractivity contribution is 0.0936. The molecule has 4 nitrogen and oxygen atoms in total. The van der Waals surface area contributed by atoms with Crippen LogP contribution in [0.2, 0.25) is 0 Å². The van der Waals surface area contributed by atoms with Crippen molar-refractivity contribution in [2.75, 3.05) is 0 Å². The van der Waals surface area contributed by atoms with E-state index in [1.165, 1.54) is 12.1 Å². The maximum atomic E-state index is 13.1. The average molecular weight is 354 g/mol. The summed E-state index contributed by atoms with van der Waals surface area (Å²) in [7, 11) is 0. The third kappa shape index (κ3) is 3.43. The van der Waals surface area contributed by atoms with E-state index in [4.69, 9.17) is 0 Å². The van der Waals surface area contributed by atoms with Crippen molar-refractivity contribution in [1.82, 2.24) is 10.3 Å². The van der Waals surface area contributed by atoms with Crippen molar-refractivity contribution < 1.29 is 9.18 Å². The Balaban J connectivity index is 1.44. The Morgan fingerprint density at radius 1 is 1.12 bits per heavy atom. The fourth-order valence-corrected chi connectivity index (χ4v) is 4.26. The van der Waals surface area contributed by atoms with E-state index in [9.17, 15) is 14.0 Å². The van der Waals surface area contributed by atoms with E-state index in [1.807, 2.05) is 12.1 Å². The van der Waals surface area contributed by atoms with Gasteiger partial charge in [-0.25, -0.2) is 4.39 Å². The first-order valence-electron chi connectivity index (χ1n) is 9.41. The van der Waals surface area contributed by atoms with Gasteiger partial charge < -0.3 is 10.3 Å². The molecule has 0 bridgehead atoms. The number of halogens is 1. The Bertz CT molecular complexity index is 873. The van der Waals surface area contributed by atoms with Crippen molar-refractivity contribution in [2.24, 2.45) is 0 Å². The highest BCUT2D eigenvalue weighted by Gasteiger charge is 2.28. The second kappa shape index (κ2) is 7.06. The van der Waals surface area contributed by atoms with E-state index in [1.54, 1.807) is 6.07 Å². The molecule has 2 aliphatic rings. The van der Waals surface area contributed by atoms with Crippen LogP contribution in [0.15, 0.2) is 35.1 Å². The highest BCUT2D eigenvalue weighted by atomic mass is 19.1. The van der Waals surface area contributed by atoms with Gasteiger partial charge in [-0.15, -0.1) is 0 Å². The van der Waals surface area contributed by atoms with Crippen LogP contribution in [0.3, 0.4) is 0 Å². The number of amides is 1. The molecular weight excluding hydrogens is 331 g/mol. The van der Waals surface area contributed by atoms with Crippen LogP contribution in [0.1, 0.15) is 65.2 Å². The lowest BCUT2D eigenvalue weighted by Crippen LogP contribution is -2.36. The first-order chi connectivity index (χ1) is 12.6. The van der Waals surface area contributed by atoms with Crippen molar-refractivity contribution in [2.45, 2.75) is 56.9 Å². The molecule has 0 saturated heterocycles. The van der Waals surface area contributed by atoms with E-state index < -0.39 is 0 Å². The molecular formula is C21H23FN2O2. The molecule has 1 saturated carbocycles. The number of hydrogen-bond donors (Lipinski definition) is 2. The number of H-pyrrole nitrogens is 1. The molecule has 1 heterocycles. The minimum absolute atomic E-state index is 0.0491. The summed E-state index contributed by atoms with van der Waals surface area (Å²) >= 11 is 0. The number of aromatic nitrogens is 1. The summed E-state index contributed by atoms with van der Waals surface area (Å²) in [5, 5.41) is 3.02. The summed E-state index contributed by atoms with van der Waals surface area (Å²) in [6.45, 7) is 0. The highest BCUT2D eigenvalue weighted by molar-refractivity contribution is 5.94. The molecule has 1 aromatic heterocycles. The zero-order valence-corrected chi connectivity index (χ0v) is 14.7. The first kappa shape index (κ1) is 17.0. The number of carbonyl (C=O) groups is 1. The van der Waals surface area contributed by atoms with Crippen molar-refractivity contribution >= 4 is 5.91 Å². The molecule has 2 unspecified atom stereocenters. The summed E-state index contributed by atoms with van der Waals surface area (Å²) in [5.41, 5.74) is 3.11. The number of pyridine rings is 1. The van der Waals surface area contributed by atoms with Crippen LogP contribution in [0, 0.1) is 5.82 Å². The van der Waals surface area contributed by atoms with Crippen molar-refractivity contribution in [3.8, 4) is 0 Å².